The Bertz CT molecular complexity index is 821. The number of rotatable bonds is 6. The van der Waals surface area contributed by atoms with Crippen LogP contribution >= 0.6 is 0 Å². The van der Waals surface area contributed by atoms with E-state index in [-0.39, 0.29) is 5.41 Å². The van der Waals surface area contributed by atoms with Crippen molar-refractivity contribution in [1.82, 2.24) is 16.0 Å². The van der Waals surface area contributed by atoms with Gasteiger partial charge in [0.1, 0.15) is 5.84 Å². The zero-order chi connectivity index (χ0) is 21.3. The van der Waals surface area contributed by atoms with Crippen molar-refractivity contribution in [3.05, 3.63) is 40.6 Å². The Morgan fingerprint density at radius 2 is 2.10 bits per heavy atom. The second-order valence-corrected chi connectivity index (χ2v) is 9.55. The van der Waals surface area contributed by atoms with E-state index >= 15 is 0 Å². The third-order valence-electron chi connectivity index (χ3n) is 7.70. The fourth-order valence-electron chi connectivity index (χ4n) is 5.70. The van der Waals surface area contributed by atoms with Crippen LogP contribution in [0.25, 0.3) is 0 Å². The molecule has 0 aromatic heterocycles. The Balaban J connectivity index is 1.74. The van der Waals surface area contributed by atoms with Crippen LogP contribution in [0, 0.1) is 11.3 Å². The smallest absolute Gasteiger partial charge is 0.130 e. The van der Waals surface area contributed by atoms with Gasteiger partial charge in [-0.15, -0.1) is 0 Å². The van der Waals surface area contributed by atoms with Gasteiger partial charge in [-0.1, -0.05) is 26.0 Å². The van der Waals surface area contributed by atoms with E-state index in [0.717, 1.165) is 58.3 Å². The highest BCUT2D eigenvalue weighted by Gasteiger charge is 2.46. The average Bonchev–Trinajstić information content (AvgIpc) is 3.30. The van der Waals surface area contributed by atoms with E-state index in [1.165, 1.54) is 28.1 Å². The molecule has 0 saturated carbocycles. The van der Waals surface area contributed by atoms with Crippen molar-refractivity contribution in [3.63, 3.8) is 0 Å². The molecule has 1 saturated heterocycles. The maximum absolute atomic E-state index is 9.25. The fraction of sp³-hybridized carbons (Fsp3) is 0.640. The van der Waals surface area contributed by atoms with Crippen LogP contribution in [0.15, 0.2) is 29.5 Å². The Hall–Kier alpha value is -1.85. The minimum Gasteiger partial charge on any atom is -0.391 e. The van der Waals surface area contributed by atoms with Crippen LogP contribution in [0.4, 0.5) is 5.69 Å². The van der Waals surface area contributed by atoms with E-state index in [2.05, 4.69) is 59.8 Å². The van der Waals surface area contributed by atoms with Crippen LogP contribution < -0.4 is 20.9 Å². The predicted molar refractivity (Wildman–Crippen MR) is 126 cm³/mol. The quantitative estimate of drug-likeness (QED) is 0.425. The van der Waals surface area contributed by atoms with E-state index in [0.29, 0.717) is 17.8 Å². The number of hydrogen-bond acceptors (Lipinski definition) is 4. The molecule has 30 heavy (non-hydrogen) atoms. The van der Waals surface area contributed by atoms with E-state index in [1.807, 2.05) is 7.05 Å². The van der Waals surface area contributed by atoms with Gasteiger partial charge in [-0.2, -0.15) is 0 Å². The van der Waals surface area contributed by atoms with E-state index in [9.17, 15) is 5.41 Å². The van der Waals surface area contributed by atoms with Gasteiger partial charge in [-0.05, 0) is 75.2 Å². The number of anilines is 1. The van der Waals surface area contributed by atoms with Gasteiger partial charge in [0, 0.05) is 48.6 Å². The van der Waals surface area contributed by atoms with Gasteiger partial charge in [-0.25, -0.2) is 0 Å². The highest BCUT2D eigenvalue weighted by molar-refractivity contribution is 6.10. The first-order valence-electron chi connectivity index (χ1n) is 11.8. The molecule has 1 aromatic carbocycles. The summed E-state index contributed by atoms with van der Waals surface area (Å²) in [5.74, 6) is 1.16. The maximum atomic E-state index is 9.25. The number of hydrogen-bond donors (Lipinski definition) is 4. The monoisotopic (exact) mass is 409 g/mol. The van der Waals surface area contributed by atoms with E-state index < -0.39 is 0 Å². The van der Waals surface area contributed by atoms with Crippen LogP contribution in [0.1, 0.15) is 64.0 Å². The van der Waals surface area contributed by atoms with Crippen molar-refractivity contribution in [1.29, 1.82) is 5.41 Å². The third kappa shape index (κ3) is 3.67. The first-order chi connectivity index (χ1) is 14.5. The molecule has 4 N–H and O–H groups in total. The molecule has 1 unspecified atom stereocenters. The number of benzene rings is 1. The number of allylic oxidation sites excluding steroid dienone is 1. The van der Waals surface area contributed by atoms with Gasteiger partial charge in [0.25, 0.3) is 0 Å². The van der Waals surface area contributed by atoms with Gasteiger partial charge in [0.15, 0.2) is 0 Å². The molecule has 1 fully saturated rings. The molecular formula is C25H39N5. The molecule has 0 radical (unpaired) electrons. The highest BCUT2D eigenvalue weighted by atomic mass is 15.2. The summed E-state index contributed by atoms with van der Waals surface area (Å²) in [6, 6.07) is 7.27. The first-order valence-corrected chi connectivity index (χ1v) is 11.8. The Morgan fingerprint density at radius 3 is 2.80 bits per heavy atom. The van der Waals surface area contributed by atoms with Gasteiger partial charge in [-0.3, -0.25) is 5.41 Å². The molecule has 1 aliphatic carbocycles. The van der Waals surface area contributed by atoms with Crippen LogP contribution in [-0.4, -0.2) is 38.6 Å². The summed E-state index contributed by atoms with van der Waals surface area (Å²) in [6.07, 6.45) is 5.64. The van der Waals surface area contributed by atoms with Crippen molar-refractivity contribution in [2.75, 3.05) is 31.6 Å². The Kier molecular flexibility index (Phi) is 6.21. The van der Waals surface area contributed by atoms with Gasteiger partial charge in [0.2, 0.25) is 0 Å². The summed E-state index contributed by atoms with van der Waals surface area (Å²) in [5, 5.41) is 19.9. The summed E-state index contributed by atoms with van der Waals surface area (Å²) >= 11 is 0. The summed E-state index contributed by atoms with van der Waals surface area (Å²) in [4.78, 5) is 2.34. The summed E-state index contributed by atoms with van der Waals surface area (Å²) in [6.45, 7) is 10.8. The molecule has 1 aromatic rings. The zero-order valence-electron chi connectivity index (χ0n) is 19.2. The molecule has 2 atom stereocenters. The minimum atomic E-state index is 0.156. The van der Waals surface area contributed by atoms with Crippen molar-refractivity contribution in [2.24, 2.45) is 5.92 Å². The lowest BCUT2D eigenvalue weighted by Crippen LogP contribution is -2.45. The Morgan fingerprint density at radius 1 is 1.33 bits per heavy atom. The molecular weight excluding hydrogens is 370 g/mol. The molecule has 2 aliphatic heterocycles. The van der Waals surface area contributed by atoms with Crippen LogP contribution in [0.2, 0.25) is 0 Å². The predicted octanol–water partition coefficient (Wildman–Crippen LogP) is 3.90. The number of nitrogens with zero attached hydrogens (tertiary/aromatic N) is 1. The molecule has 0 bridgehead atoms. The lowest BCUT2D eigenvalue weighted by molar-refractivity contribution is 0.327. The first kappa shape index (κ1) is 21.4. The number of nitrogens with one attached hydrogen (secondary N) is 4. The van der Waals surface area contributed by atoms with Crippen LogP contribution in [-0.2, 0) is 12.0 Å². The zero-order valence-corrected chi connectivity index (χ0v) is 19.2. The van der Waals surface area contributed by atoms with Crippen molar-refractivity contribution in [3.8, 4) is 0 Å². The van der Waals surface area contributed by atoms with Gasteiger partial charge in [0.05, 0.1) is 0 Å². The van der Waals surface area contributed by atoms with Crippen molar-refractivity contribution in [2.45, 2.75) is 70.9 Å². The summed E-state index contributed by atoms with van der Waals surface area (Å²) in [7, 11) is 2.01. The molecule has 5 heteroatoms. The van der Waals surface area contributed by atoms with Crippen LogP contribution in [0.3, 0.4) is 0 Å². The maximum Gasteiger partial charge on any atom is 0.130 e. The lowest BCUT2D eigenvalue weighted by Gasteiger charge is -2.36. The Labute approximate surface area is 182 Å². The summed E-state index contributed by atoms with van der Waals surface area (Å²) in [5.41, 5.74) is 6.83. The standard InChI is InChI=1S/C25H39N5/c1-5-18(3)29-15-19-7-6-8-21-23(19)25(11-13-28-14-12-25)16-30(21)24(26)22-17(2)9-10-20(22)27-4/h6-8,17-18,26-29H,5,9-16H2,1-4H3/t17-,18?/m1/s1. The highest BCUT2D eigenvalue weighted by Crippen LogP contribution is 2.49. The normalized spacial score (nSPS) is 23.7. The van der Waals surface area contributed by atoms with Crippen molar-refractivity contribution < 1.29 is 0 Å². The second kappa shape index (κ2) is 8.72. The lowest BCUT2D eigenvalue weighted by atomic mass is 9.73. The number of piperidine rings is 1. The molecule has 5 nitrogen and oxygen atoms in total. The van der Waals surface area contributed by atoms with E-state index in [4.69, 9.17) is 0 Å². The van der Waals surface area contributed by atoms with Crippen LogP contribution in [0.5, 0.6) is 0 Å². The van der Waals surface area contributed by atoms with E-state index in [1.54, 1.807) is 0 Å². The molecule has 0 amide bonds. The van der Waals surface area contributed by atoms with Gasteiger partial charge < -0.3 is 20.9 Å². The van der Waals surface area contributed by atoms with Gasteiger partial charge >= 0.3 is 0 Å². The molecule has 3 aliphatic rings. The average molecular weight is 410 g/mol. The fourth-order valence-corrected chi connectivity index (χ4v) is 5.70. The third-order valence-corrected chi connectivity index (χ3v) is 7.70. The molecule has 4 rings (SSSR count). The number of amidine groups is 1. The largest absolute Gasteiger partial charge is 0.391 e. The molecule has 2 heterocycles. The minimum absolute atomic E-state index is 0.156. The van der Waals surface area contributed by atoms with Crippen molar-refractivity contribution >= 4 is 11.5 Å². The second-order valence-electron chi connectivity index (χ2n) is 9.55. The number of fused-ring (bicyclic) bond motifs is 2. The topological polar surface area (TPSA) is 63.2 Å². The SMILES string of the molecule is CCC(C)NCc1cccc2c1C1(CCNCC1)CN2C(=N)C1=C(NC)CC[C@H]1C. The molecule has 1 spiro atoms. The molecule has 164 valence electrons. The summed E-state index contributed by atoms with van der Waals surface area (Å²) < 4.78 is 0.